The smallest absolute Gasteiger partial charge is 0.391 e. The van der Waals surface area contributed by atoms with E-state index in [1.54, 1.807) is 0 Å². The summed E-state index contributed by atoms with van der Waals surface area (Å²) in [5.74, 6) is -2.06. The zero-order valence-electron chi connectivity index (χ0n) is 12.1. The van der Waals surface area contributed by atoms with Gasteiger partial charge in [-0.3, -0.25) is 9.69 Å². The molecule has 0 aromatic rings. The van der Waals surface area contributed by atoms with Crippen molar-refractivity contribution in [2.75, 3.05) is 6.54 Å². The predicted molar refractivity (Wildman–Crippen MR) is 70.5 cm³/mol. The number of carbonyl (C=O) groups is 1. The number of carboxylic acid groups (broad SMARTS) is 1. The summed E-state index contributed by atoms with van der Waals surface area (Å²) in [6.07, 6.45) is -1.81. The van der Waals surface area contributed by atoms with Gasteiger partial charge in [-0.1, -0.05) is 6.42 Å². The average molecular weight is 295 g/mol. The van der Waals surface area contributed by atoms with Crippen LogP contribution in [-0.2, 0) is 4.79 Å². The van der Waals surface area contributed by atoms with Crippen LogP contribution in [0.15, 0.2) is 0 Å². The maximum Gasteiger partial charge on any atom is 0.391 e. The number of halogens is 3. The van der Waals surface area contributed by atoms with Gasteiger partial charge in [-0.15, -0.1) is 0 Å². The Hall–Kier alpha value is -0.780. The maximum atomic E-state index is 12.8. The van der Waals surface area contributed by atoms with E-state index < -0.39 is 18.1 Å². The molecule has 2 atom stereocenters. The molecular weight excluding hydrogens is 271 g/mol. The molecule has 118 valence electrons. The Labute approximate surface area is 118 Å². The fourth-order valence-electron chi connectivity index (χ4n) is 3.04. The molecule has 1 rings (SSSR count). The first kappa shape index (κ1) is 17.3. The summed E-state index contributed by atoms with van der Waals surface area (Å²) in [7, 11) is 0. The van der Waals surface area contributed by atoms with Crippen molar-refractivity contribution in [2.45, 2.75) is 70.6 Å². The first-order valence-electron chi connectivity index (χ1n) is 7.26. The normalized spacial score (nSPS) is 24.4. The second-order valence-electron chi connectivity index (χ2n) is 5.89. The van der Waals surface area contributed by atoms with Gasteiger partial charge in [-0.2, -0.15) is 13.2 Å². The van der Waals surface area contributed by atoms with Gasteiger partial charge in [-0.05, 0) is 46.1 Å². The van der Waals surface area contributed by atoms with Gasteiger partial charge < -0.3 is 5.11 Å². The van der Waals surface area contributed by atoms with Gasteiger partial charge >= 0.3 is 12.1 Å². The monoisotopic (exact) mass is 295 g/mol. The van der Waals surface area contributed by atoms with E-state index >= 15 is 0 Å². The predicted octanol–water partition coefficient (Wildman–Crippen LogP) is 3.68. The number of rotatable bonds is 6. The van der Waals surface area contributed by atoms with Crippen LogP contribution in [0.2, 0.25) is 0 Å². The summed E-state index contributed by atoms with van der Waals surface area (Å²) < 4.78 is 38.5. The molecule has 0 aromatic heterocycles. The van der Waals surface area contributed by atoms with Gasteiger partial charge in [0, 0.05) is 18.5 Å². The summed E-state index contributed by atoms with van der Waals surface area (Å²) in [5.41, 5.74) is 0. The molecule has 0 saturated heterocycles. The van der Waals surface area contributed by atoms with Gasteiger partial charge in [0.15, 0.2) is 0 Å². The van der Waals surface area contributed by atoms with E-state index in [4.69, 9.17) is 5.11 Å². The minimum Gasteiger partial charge on any atom is -0.481 e. The zero-order chi connectivity index (χ0) is 15.3. The topological polar surface area (TPSA) is 40.5 Å². The highest BCUT2D eigenvalue weighted by Gasteiger charge is 2.43. The quantitative estimate of drug-likeness (QED) is 0.812. The van der Waals surface area contributed by atoms with Crippen molar-refractivity contribution in [3.63, 3.8) is 0 Å². The second kappa shape index (κ2) is 7.29. The summed E-state index contributed by atoms with van der Waals surface area (Å²) in [6.45, 7) is 4.47. The Bertz CT molecular complexity index is 318. The van der Waals surface area contributed by atoms with E-state index in [9.17, 15) is 18.0 Å². The summed E-state index contributed by atoms with van der Waals surface area (Å²) >= 11 is 0. The van der Waals surface area contributed by atoms with Crippen LogP contribution in [0.5, 0.6) is 0 Å². The highest BCUT2D eigenvalue weighted by atomic mass is 19.4. The zero-order valence-corrected chi connectivity index (χ0v) is 12.1. The molecule has 1 N–H and O–H groups in total. The van der Waals surface area contributed by atoms with Crippen molar-refractivity contribution < 1.29 is 23.1 Å². The van der Waals surface area contributed by atoms with Crippen LogP contribution in [0, 0.1) is 5.92 Å². The van der Waals surface area contributed by atoms with E-state index in [2.05, 4.69) is 0 Å². The third kappa shape index (κ3) is 5.31. The molecule has 2 unspecified atom stereocenters. The van der Waals surface area contributed by atoms with Crippen molar-refractivity contribution in [1.29, 1.82) is 0 Å². The lowest BCUT2D eigenvalue weighted by Gasteiger charge is -2.40. The van der Waals surface area contributed by atoms with Crippen LogP contribution < -0.4 is 0 Å². The summed E-state index contributed by atoms with van der Waals surface area (Å²) in [6, 6.07) is 0.0601. The first-order valence-corrected chi connectivity index (χ1v) is 7.26. The van der Waals surface area contributed by atoms with Crippen LogP contribution in [0.4, 0.5) is 13.2 Å². The molecular formula is C14H24F3NO2. The van der Waals surface area contributed by atoms with Crippen molar-refractivity contribution in [3.05, 3.63) is 0 Å². The van der Waals surface area contributed by atoms with Crippen LogP contribution in [0.3, 0.4) is 0 Å². The van der Waals surface area contributed by atoms with Gasteiger partial charge in [0.25, 0.3) is 0 Å². The lowest BCUT2D eigenvalue weighted by Crippen LogP contribution is -2.45. The molecule has 1 aliphatic carbocycles. The van der Waals surface area contributed by atoms with Gasteiger partial charge in [0.2, 0.25) is 0 Å². The summed E-state index contributed by atoms with van der Waals surface area (Å²) in [4.78, 5) is 12.6. The van der Waals surface area contributed by atoms with E-state index in [0.717, 1.165) is 6.42 Å². The van der Waals surface area contributed by atoms with Crippen LogP contribution in [-0.4, -0.2) is 40.8 Å². The molecule has 0 aromatic carbocycles. The van der Waals surface area contributed by atoms with Gasteiger partial charge in [0.05, 0.1) is 5.92 Å². The molecule has 3 nitrogen and oxygen atoms in total. The molecule has 0 amide bonds. The third-order valence-corrected chi connectivity index (χ3v) is 4.05. The second-order valence-corrected chi connectivity index (χ2v) is 5.89. The Kier molecular flexibility index (Phi) is 6.30. The molecule has 1 fully saturated rings. The SMILES string of the molecule is CC(C)N(CCCC(=O)O)C1CCCC(C(F)(F)F)C1. The van der Waals surface area contributed by atoms with Crippen molar-refractivity contribution in [1.82, 2.24) is 4.90 Å². The number of hydrogen-bond acceptors (Lipinski definition) is 2. The van der Waals surface area contributed by atoms with Crippen molar-refractivity contribution >= 4 is 5.97 Å². The van der Waals surface area contributed by atoms with Crippen LogP contribution in [0.1, 0.15) is 52.4 Å². The molecule has 0 heterocycles. The molecule has 20 heavy (non-hydrogen) atoms. The van der Waals surface area contributed by atoms with Gasteiger partial charge in [-0.25, -0.2) is 0 Å². The number of aliphatic carboxylic acids is 1. The Morgan fingerprint density at radius 2 is 2.00 bits per heavy atom. The maximum absolute atomic E-state index is 12.8. The third-order valence-electron chi connectivity index (χ3n) is 4.05. The minimum absolute atomic E-state index is 0.0681. The fraction of sp³-hybridized carbons (Fsp3) is 0.929. The molecule has 0 radical (unpaired) electrons. The van der Waals surface area contributed by atoms with Gasteiger partial charge in [0.1, 0.15) is 0 Å². The highest BCUT2D eigenvalue weighted by Crippen LogP contribution is 2.39. The lowest BCUT2D eigenvalue weighted by molar-refractivity contribution is -0.187. The molecule has 0 aliphatic heterocycles. The molecule has 0 spiro atoms. The van der Waals surface area contributed by atoms with E-state index in [0.29, 0.717) is 19.4 Å². The fourth-order valence-corrected chi connectivity index (χ4v) is 3.04. The first-order chi connectivity index (χ1) is 9.21. The van der Waals surface area contributed by atoms with Crippen molar-refractivity contribution in [2.24, 2.45) is 5.92 Å². The number of nitrogens with zero attached hydrogens (tertiary/aromatic N) is 1. The van der Waals surface area contributed by atoms with Crippen LogP contribution in [0.25, 0.3) is 0 Å². The molecule has 0 bridgehead atoms. The minimum atomic E-state index is -4.11. The number of alkyl halides is 3. The molecule has 1 saturated carbocycles. The van der Waals surface area contributed by atoms with Crippen molar-refractivity contribution in [3.8, 4) is 0 Å². The Morgan fingerprint density at radius 1 is 1.35 bits per heavy atom. The number of carboxylic acids is 1. The van der Waals surface area contributed by atoms with Crippen LogP contribution >= 0.6 is 0 Å². The number of hydrogen-bond donors (Lipinski definition) is 1. The van der Waals surface area contributed by atoms with E-state index in [1.165, 1.54) is 0 Å². The highest BCUT2D eigenvalue weighted by molar-refractivity contribution is 5.66. The largest absolute Gasteiger partial charge is 0.481 e. The molecule has 1 aliphatic rings. The average Bonchev–Trinajstić information content (AvgIpc) is 2.33. The standard InChI is InChI=1S/C14H24F3NO2/c1-10(2)18(8-4-7-13(19)20)12-6-3-5-11(9-12)14(15,16)17/h10-12H,3-9H2,1-2H3,(H,19,20). The Morgan fingerprint density at radius 3 is 2.50 bits per heavy atom. The molecule has 6 heteroatoms. The van der Waals surface area contributed by atoms with E-state index in [-0.39, 0.29) is 31.3 Å². The van der Waals surface area contributed by atoms with E-state index in [1.807, 2.05) is 18.7 Å². The lowest BCUT2D eigenvalue weighted by atomic mass is 9.84. The Balaban J connectivity index is 2.59. The summed E-state index contributed by atoms with van der Waals surface area (Å²) in [5, 5.41) is 8.66.